The van der Waals surface area contributed by atoms with Crippen LogP contribution in [0.3, 0.4) is 0 Å². The Hall–Kier alpha value is -3.31. The van der Waals surface area contributed by atoms with E-state index in [-0.39, 0.29) is 17.4 Å². The number of hydrazine groups is 1. The maximum atomic E-state index is 12.9. The molecule has 218 valence electrons. The van der Waals surface area contributed by atoms with Crippen LogP contribution < -0.4 is 9.62 Å². The number of carboxylic acid groups (broad SMARTS) is 1. The van der Waals surface area contributed by atoms with Crippen LogP contribution in [0.25, 0.3) is 10.8 Å². The fourth-order valence-corrected chi connectivity index (χ4v) is 7.02. The molecule has 0 amide bonds. The zero-order valence-corrected chi connectivity index (χ0v) is 24.7. The van der Waals surface area contributed by atoms with Gasteiger partial charge in [0.25, 0.3) is 0 Å². The van der Waals surface area contributed by atoms with E-state index in [0.29, 0.717) is 37.1 Å². The van der Waals surface area contributed by atoms with Crippen molar-refractivity contribution in [2.45, 2.75) is 44.2 Å². The van der Waals surface area contributed by atoms with E-state index in [1.807, 2.05) is 42.5 Å². The van der Waals surface area contributed by atoms with Gasteiger partial charge in [0.2, 0.25) is 10.0 Å². The van der Waals surface area contributed by atoms with Crippen molar-refractivity contribution < 1.29 is 27.1 Å². The van der Waals surface area contributed by atoms with Crippen LogP contribution in [0.1, 0.15) is 38.3 Å². The molecule has 0 spiro atoms. The lowest BCUT2D eigenvalue weighted by molar-refractivity contribution is -0.139. The summed E-state index contributed by atoms with van der Waals surface area (Å²) >= 11 is -2.56. The van der Waals surface area contributed by atoms with Crippen molar-refractivity contribution in [1.82, 2.24) is 14.1 Å². The number of piperazine rings is 1. The summed E-state index contributed by atoms with van der Waals surface area (Å²) in [6.07, 6.45) is -0.272. The highest BCUT2D eigenvalue weighted by Gasteiger charge is 2.28. The predicted octanol–water partition coefficient (Wildman–Crippen LogP) is 2.92. The van der Waals surface area contributed by atoms with Gasteiger partial charge in [-0.2, -0.15) is 4.41 Å². The number of aliphatic carboxylic acids is 1. The summed E-state index contributed by atoms with van der Waals surface area (Å²) in [6.45, 7) is 7.17. The van der Waals surface area contributed by atoms with Crippen LogP contribution in [0.5, 0.6) is 0 Å². The van der Waals surface area contributed by atoms with Crippen LogP contribution in [0.15, 0.2) is 65.6 Å². The van der Waals surface area contributed by atoms with Crippen LogP contribution in [0, 0.1) is 11.8 Å². The third-order valence-corrected chi connectivity index (χ3v) is 9.25. The highest BCUT2D eigenvalue weighted by molar-refractivity contribution is 7.89. The van der Waals surface area contributed by atoms with Crippen LogP contribution in [0.2, 0.25) is 0 Å². The van der Waals surface area contributed by atoms with Gasteiger partial charge in [-0.25, -0.2) is 18.1 Å². The number of carboxylic acids is 1. The average molecular weight is 598 g/mol. The number of carbonyl (C=O) groups is 1. The van der Waals surface area contributed by atoms with Crippen molar-refractivity contribution >= 4 is 43.7 Å². The molecule has 1 saturated heterocycles. The standard InChI is InChI=1S/C29H34N4O6S2/c1-21(2)30-41(38,39)28-6-4-5-25-12-9-24(20-27(25)28)8-7-23-10-13-26(14-11-23)31-15-17-32(18-16-31)33(40(36)37)22(3)19-29(34)35/h4-6,9-14,20-22,30H,15-19H2,1-3H3,(H,34,35)(H,36,37)/p-1. The Bertz CT molecular complexity index is 1590. The normalized spacial score (nSPS) is 16.0. The maximum absolute atomic E-state index is 12.9. The molecule has 1 aliphatic heterocycles. The van der Waals surface area contributed by atoms with E-state index < -0.39 is 33.3 Å². The van der Waals surface area contributed by atoms with Gasteiger partial charge in [-0.05, 0) is 68.6 Å². The molecule has 1 fully saturated rings. The first-order chi connectivity index (χ1) is 19.4. The summed E-state index contributed by atoms with van der Waals surface area (Å²) in [6, 6.07) is 17.5. The third-order valence-electron chi connectivity index (χ3n) is 6.64. The lowest BCUT2D eigenvalue weighted by atomic mass is 10.1. The van der Waals surface area contributed by atoms with Crippen LogP contribution in [-0.4, -0.2) is 75.9 Å². The molecule has 2 N–H and O–H groups in total. The van der Waals surface area contributed by atoms with Crippen LogP contribution in [-0.2, 0) is 26.1 Å². The molecular formula is C29H33N4O6S2-. The summed E-state index contributed by atoms with van der Waals surface area (Å²) in [5, 5.41) is 12.1. The van der Waals surface area contributed by atoms with Crippen molar-refractivity contribution in [1.29, 1.82) is 0 Å². The zero-order valence-electron chi connectivity index (χ0n) is 23.1. The second kappa shape index (κ2) is 13.1. The number of nitrogens with one attached hydrogen (secondary N) is 1. The van der Waals surface area contributed by atoms with E-state index in [1.54, 1.807) is 44.0 Å². The lowest BCUT2D eigenvalue weighted by Gasteiger charge is -2.44. The molecule has 0 bridgehead atoms. The van der Waals surface area contributed by atoms with Crippen molar-refractivity contribution in [3.63, 3.8) is 0 Å². The molecular weight excluding hydrogens is 564 g/mol. The first-order valence-corrected chi connectivity index (χ1v) is 15.7. The number of benzene rings is 3. The lowest BCUT2D eigenvalue weighted by Crippen LogP contribution is -2.57. The number of rotatable bonds is 9. The Kier molecular flexibility index (Phi) is 9.80. The van der Waals surface area contributed by atoms with Gasteiger partial charge in [-0.3, -0.25) is 9.00 Å². The number of fused-ring (bicyclic) bond motifs is 1. The molecule has 41 heavy (non-hydrogen) atoms. The Morgan fingerprint density at radius 1 is 1.02 bits per heavy atom. The highest BCUT2D eigenvalue weighted by Crippen LogP contribution is 2.25. The minimum atomic E-state index is -3.67. The summed E-state index contributed by atoms with van der Waals surface area (Å²) in [5.41, 5.74) is 2.47. The monoisotopic (exact) mass is 597 g/mol. The maximum Gasteiger partial charge on any atom is 0.305 e. The minimum absolute atomic E-state index is 0.220. The first-order valence-electron chi connectivity index (χ1n) is 13.2. The van der Waals surface area contributed by atoms with Crippen LogP contribution >= 0.6 is 0 Å². The third kappa shape index (κ3) is 7.71. The van der Waals surface area contributed by atoms with Gasteiger partial charge in [0.1, 0.15) is 0 Å². The molecule has 12 heteroatoms. The Balaban J connectivity index is 1.45. The second-order valence-electron chi connectivity index (χ2n) is 10.2. The van der Waals surface area contributed by atoms with Gasteiger partial charge in [-0.1, -0.05) is 30.0 Å². The number of hydrogen-bond donors (Lipinski definition) is 2. The average Bonchev–Trinajstić information content (AvgIpc) is 2.91. The van der Waals surface area contributed by atoms with E-state index in [1.165, 1.54) is 0 Å². The van der Waals surface area contributed by atoms with Crippen molar-refractivity contribution in [3.8, 4) is 11.8 Å². The molecule has 3 aromatic carbocycles. The molecule has 10 nitrogen and oxygen atoms in total. The van der Waals surface area contributed by atoms with Gasteiger partial charge in [0.05, 0.1) is 11.3 Å². The molecule has 0 aromatic heterocycles. The second-order valence-corrected chi connectivity index (χ2v) is 12.7. The zero-order chi connectivity index (χ0) is 29.7. The molecule has 1 heterocycles. The van der Waals surface area contributed by atoms with Gasteiger partial charge in [-0.15, -0.1) is 0 Å². The SMILES string of the molecule is CC(C)NS(=O)(=O)c1cccc2ccc(C#Cc3ccc(N4CCN(N(C(C)CC(=O)O)S(=O)[O-])CC4)cc3)cc12. The Morgan fingerprint density at radius 2 is 1.66 bits per heavy atom. The summed E-state index contributed by atoms with van der Waals surface area (Å²) < 4.78 is 53.0. The Morgan fingerprint density at radius 3 is 2.27 bits per heavy atom. The number of hydrogen-bond acceptors (Lipinski definition) is 7. The molecule has 3 aromatic rings. The highest BCUT2D eigenvalue weighted by atomic mass is 32.2. The van der Waals surface area contributed by atoms with Crippen molar-refractivity contribution in [2.75, 3.05) is 31.1 Å². The number of anilines is 1. The molecule has 0 saturated carbocycles. The Labute approximate surface area is 243 Å². The van der Waals surface area contributed by atoms with E-state index in [4.69, 9.17) is 5.11 Å². The molecule has 2 atom stereocenters. The van der Waals surface area contributed by atoms with Gasteiger partial charge in [0, 0.05) is 71.7 Å². The van der Waals surface area contributed by atoms with Gasteiger partial charge < -0.3 is 14.6 Å². The summed E-state index contributed by atoms with van der Waals surface area (Å²) in [4.78, 5) is 13.4. The van der Waals surface area contributed by atoms with E-state index in [0.717, 1.165) is 21.1 Å². The number of nitrogens with zero attached hydrogens (tertiary/aromatic N) is 3. The molecule has 4 rings (SSSR count). The number of sulfonamides is 1. The van der Waals surface area contributed by atoms with E-state index in [9.17, 15) is 22.0 Å². The van der Waals surface area contributed by atoms with E-state index in [2.05, 4.69) is 21.5 Å². The topological polar surface area (TPSA) is 133 Å². The van der Waals surface area contributed by atoms with Crippen LogP contribution in [0.4, 0.5) is 5.69 Å². The quantitative estimate of drug-likeness (QED) is 0.284. The molecule has 1 aliphatic rings. The first kappa shape index (κ1) is 30.6. The fourth-order valence-electron chi connectivity index (χ4n) is 4.83. The molecule has 0 radical (unpaired) electrons. The van der Waals surface area contributed by atoms with Gasteiger partial charge >= 0.3 is 5.97 Å². The largest absolute Gasteiger partial charge is 0.759 e. The van der Waals surface area contributed by atoms with Crippen molar-refractivity contribution in [2.24, 2.45) is 0 Å². The smallest absolute Gasteiger partial charge is 0.305 e. The van der Waals surface area contributed by atoms with Crippen molar-refractivity contribution in [3.05, 3.63) is 71.8 Å². The minimum Gasteiger partial charge on any atom is -0.759 e. The molecule has 0 aliphatic carbocycles. The van der Waals surface area contributed by atoms with Gasteiger partial charge in [0.15, 0.2) is 0 Å². The fraction of sp³-hybridized carbons (Fsp3) is 0.345. The molecule has 2 unspecified atom stereocenters. The summed E-state index contributed by atoms with van der Waals surface area (Å²) in [7, 11) is -3.67. The predicted molar refractivity (Wildman–Crippen MR) is 158 cm³/mol. The van der Waals surface area contributed by atoms with E-state index >= 15 is 0 Å². The summed E-state index contributed by atoms with van der Waals surface area (Å²) in [5.74, 6) is 5.23.